The zero-order valence-corrected chi connectivity index (χ0v) is 7.79. The molecule has 8 heavy (non-hydrogen) atoms. The van der Waals surface area contributed by atoms with Gasteiger partial charge in [-0.25, -0.2) is 0 Å². The Kier molecular flexibility index (Phi) is 4.46. The summed E-state index contributed by atoms with van der Waals surface area (Å²) in [5.74, 6) is 0. The van der Waals surface area contributed by atoms with Crippen molar-refractivity contribution in [1.29, 1.82) is 0 Å². The van der Waals surface area contributed by atoms with Crippen LogP contribution in [-0.4, -0.2) is 8.64 Å². The van der Waals surface area contributed by atoms with Crippen molar-refractivity contribution in [2.45, 2.75) is 0 Å². The van der Waals surface area contributed by atoms with Gasteiger partial charge in [0.2, 0.25) is 0 Å². The molecular weight excluding hydrogens is 127 g/mol. The van der Waals surface area contributed by atoms with Gasteiger partial charge in [0.25, 0.3) is 0 Å². The summed E-state index contributed by atoms with van der Waals surface area (Å²) in [7, 11) is -1.44. The molecule has 1 heterocycles. The van der Waals surface area contributed by atoms with Gasteiger partial charge >= 0.3 is 29.6 Å². The van der Waals surface area contributed by atoms with E-state index in [9.17, 15) is 4.80 Å². The van der Waals surface area contributed by atoms with Crippen molar-refractivity contribution in [3.8, 4) is 0 Å². The third-order valence-corrected chi connectivity index (χ3v) is 1.79. The Morgan fingerprint density at radius 1 is 1.00 bits per heavy atom. The van der Waals surface area contributed by atoms with Crippen LogP contribution >= 0.6 is 0 Å². The van der Waals surface area contributed by atoms with Crippen molar-refractivity contribution >= 4 is 8.64 Å². The first-order valence-corrected chi connectivity index (χ1v) is 3.68. The molecule has 0 amide bonds. The van der Waals surface area contributed by atoms with Crippen LogP contribution in [0.3, 0.4) is 0 Å². The van der Waals surface area contributed by atoms with Crippen molar-refractivity contribution in [2.24, 2.45) is 0 Å². The van der Waals surface area contributed by atoms with E-state index in [-0.39, 0.29) is 29.6 Å². The average Bonchev–Trinajstić information content (AvgIpc) is 1.69. The van der Waals surface area contributed by atoms with Crippen LogP contribution in [0.4, 0.5) is 0 Å². The second-order valence-corrected chi connectivity index (χ2v) is 2.78. The third-order valence-electron chi connectivity index (χ3n) is 0.743. The first-order chi connectivity index (χ1) is 3.39. The quantitative estimate of drug-likeness (QED) is 0.342. The molecule has 1 nitrogen and oxygen atoms in total. The second-order valence-electron chi connectivity index (χ2n) is 1.31. The molecule has 0 radical (unpaired) electrons. The maximum Gasteiger partial charge on any atom is 1.00 e. The van der Waals surface area contributed by atoms with Gasteiger partial charge in [-0.15, -0.1) is 0 Å². The number of hydrogen-bond acceptors (Lipinski definition) is 1. The molecule has 0 N–H and O–H groups in total. The van der Waals surface area contributed by atoms with Crippen LogP contribution in [0.2, 0.25) is 0 Å². The maximum absolute atomic E-state index is 10.5. The summed E-state index contributed by atoms with van der Waals surface area (Å²) >= 11 is 0. The van der Waals surface area contributed by atoms with Crippen molar-refractivity contribution < 1.29 is 34.4 Å². The Balaban J connectivity index is 0.000000490. The van der Waals surface area contributed by atoms with Gasteiger partial charge in [0.05, 0.1) is 0 Å². The van der Waals surface area contributed by atoms with Gasteiger partial charge in [0.1, 0.15) is 0 Å². The van der Waals surface area contributed by atoms with Crippen LogP contribution in [0, 0.1) is 0 Å². The van der Waals surface area contributed by atoms with E-state index in [0.29, 0.717) is 0 Å². The molecule has 1 aromatic heterocycles. The largest absolute Gasteiger partial charge is 1.00 e. The summed E-state index contributed by atoms with van der Waals surface area (Å²) in [6.45, 7) is 0. The van der Waals surface area contributed by atoms with Crippen molar-refractivity contribution in [3.05, 3.63) is 29.6 Å². The standard InChI is InChI=1S/C5H5OSi.Na/c6-7-4-2-1-3-5-7;/h1-5H;/q-1;+1. The van der Waals surface area contributed by atoms with E-state index >= 15 is 0 Å². The minimum Gasteiger partial charge on any atom is -0.886 e. The summed E-state index contributed by atoms with van der Waals surface area (Å²) in [5.41, 5.74) is 3.43. The van der Waals surface area contributed by atoms with E-state index in [4.69, 9.17) is 0 Å². The molecule has 0 aromatic carbocycles. The molecule has 0 unspecified atom stereocenters. The summed E-state index contributed by atoms with van der Waals surface area (Å²) < 4.78 is 0. The molecule has 0 fully saturated rings. The Morgan fingerprint density at radius 2 is 1.50 bits per heavy atom. The van der Waals surface area contributed by atoms with Crippen molar-refractivity contribution in [2.75, 3.05) is 0 Å². The molecule has 0 aliphatic carbocycles. The zero-order chi connectivity index (χ0) is 5.11. The van der Waals surface area contributed by atoms with Gasteiger partial charge in [0.15, 0.2) is 0 Å². The summed E-state index contributed by atoms with van der Waals surface area (Å²) in [4.78, 5) is 10.5. The van der Waals surface area contributed by atoms with Crippen LogP contribution in [0.25, 0.3) is 0 Å². The molecule has 0 atom stereocenters. The summed E-state index contributed by atoms with van der Waals surface area (Å²) in [6, 6.07) is 5.48. The van der Waals surface area contributed by atoms with Crippen LogP contribution in [0.15, 0.2) is 29.6 Å². The van der Waals surface area contributed by atoms with E-state index in [1.807, 2.05) is 6.07 Å². The summed E-state index contributed by atoms with van der Waals surface area (Å²) in [6.07, 6.45) is 0. The molecule has 36 valence electrons. The average molecular weight is 132 g/mol. The fourth-order valence-electron chi connectivity index (χ4n) is 0.420. The minimum atomic E-state index is -1.44. The van der Waals surface area contributed by atoms with E-state index < -0.39 is 8.64 Å². The van der Waals surface area contributed by atoms with E-state index in [1.165, 1.54) is 0 Å². The molecule has 3 heteroatoms. The smallest absolute Gasteiger partial charge is 0.886 e. The fourth-order valence-corrected chi connectivity index (χ4v) is 1.13. The van der Waals surface area contributed by atoms with Gasteiger partial charge in [0, 0.05) is 0 Å². The first kappa shape index (κ1) is 8.37. The second kappa shape index (κ2) is 4.27. The van der Waals surface area contributed by atoms with Gasteiger partial charge in [-0.2, -0.15) is 0 Å². The molecule has 0 aliphatic heterocycles. The van der Waals surface area contributed by atoms with Crippen LogP contribution in [0.1, 0.15) is 0 Å². The minimum absolute atomic E-state index is 0. The number of hydrogen-bond donors (Lipinski definition) is 0. The van der Waals surface area contributed by atoms with Gasteiger partial charge in [-0.05, 0) is 8.64 Å². The number of rotatable bonds is 0. The Bertz CT molecular complexity index is 142. The van der Waals surface area contributed by atoms with E-state index in [1.54, 1.807) is 23.5 Å². The topological polar surface area (TPSA) is 23.1 Å². The van der Waals surface area contributed by atoms with Gasteiger partial charge < -0.3 is 4.80 Å². The molecule has 0 saturated carbocycles. The maximum atomic E-state index is 10.5. The van der Waals surface area contributed by atoms with Gasteiger partial charge in [-0.1, -0.05) is 29.6 Å². The normalized spacial score (nSPS) is 7.50. The fraction of sp³-hybridized carbons (Fsp3) is 0. The SMILES string of the molecule is [Na+].[O-][si]1ccccc1. The van der Waals surface area contributed by atoms with Crippen LogP contribution in [-0.2, 0) is 0 Å². The molecule has 0 saturated heterocycles. The first-order valence-electron chi connectivity index (χ1n) is 2.11. The Labute approximate surface area is 72.3 Å². The van der Waals surface area contributed by atoms with Crippen molar-refractivity contribution in [3.63, 3.8) is 0 Å². The Hall–Kier alpha value is 0.367. The van der Waals surface area contributed by atoms with Gasteiger partial charge in [-0.3, -0.25) is 0 Å². The van der Waals surface area contributed by atoms with Crippen LogP contribution in [0.5, 0.6) is 0 Å². The molecule has 1 aromatic rings. The molecule has 0 aliphatic rings. The predicted molar refractivity (Wildman–Crippen MR) is 27.8 cm³/mol. The zero-order valence-electron chi connectivity index (χ0n) is 4.79. The monoisotopic (exact) mass is 132 g/mol. The van der Waals surface area contributed by atoms with E-state index in [0.717, 1.165) is 0 Å². The molecule has 0 bridgehead atoms. The van der Waals surface area contributed by atoms with E-state index in [2.05, 4.69) is 0 Å². The predicted octanol–water partition coefficient (Wildman–Crippen LogP) is -3.16. The molecule has 1 rings (SSSR count). The summed E-state index contributed by atoms with van der Waals surface area (Å²) in [5, 5.41) is 0. The molecular formula is C5H5NaOSi. The van der Waals surface area contributed by atoms with Crippen molar-refractivity contribution in [1.82, 2.24) is 0 Å². The molecule has 0 spiro atoms. The Morgan fingerprint density at radius 3 is 1.75 bits per heavy atom. The van der Waals surface area contributed by atoms with Crippen LogP contribution < -0.4 is 34.4 Å². The third kappa shape index (κ3) is 2.62.